The molecule has 2 aromatic carbocycles. The standard InChI is InChI=1S/C26H30N4O6/c1-3-13-27-23(31)22-17-36-26(29(22)25(33)21-10-5-4-7-18(21)2)11-14-28(15-12-26)24(32)19-8-6-9-20(16-19)30(34)35/h4-10,16,22H,3,11-15,17H2,1-2H3,(H,27,31)/t22-/m0/s1. The molecule has 36 heavy (non-hydrogen) atoms. The van der Waals surface area contributed by atoms with Gasteiger partial charge in [-0.15, -0.1) is 0 Å². The van der Waals surface area contributed by atoms with Gasteiger partial charge in [0.1, 0.15) is 11.8 Å². The Balaban J connectivity index is 1.57. The van der Waals surface area contributed by atoms with Gasteiger partial charge in [-0.1, -0.05) is 31.2 Å². The third kappa shape index (κ3) is 4.81. The highest BCUT2D eigenvalue weighted by molar-refractivity contribution is 5.99. The lowest BCUT2D eigenvalue weighted by molar-refractivity contribution is -0.384. The van der Waals surface area contributed by atoms with E-state index in [1.54, 1.807) is 28.0 Å². The van der Waals surface area contributed by atoms with Crippen LogP contribution in [-0.2, 0) is 9.53 Å². The van der Waals surface area contributed by atoms with Crippen molar-refractivity contribution in [3.05, 3.63) is 75.3 Å². The molecule has 2 fully saturated rings. The molecule has 1 N–H and O–H groups in total. The minimum Gasteiger partial charge on any atom is -0.354 e. The van der Waals surface area contributed by atoms with Crippen molar-refractivity contribution < 1.29 is 24.0 Å². The van der Waals surface area contributed by atoms with E-state index in [-0.39, 0.29) is 48.7 Å². The number of amides is 3. The zero-order chi connectivity index (χ0) is 25.9. The molecule has 3 amide bonds. The van der Waals surface area contributed by atoms with Gasteiger partial charge in [-0.25, -0.2) is 0 Å². The molecule has 1 atom stereocenters. The van der Waals surface area contributed by atoms with Crippen LogP contribution in [0.2, 0.25) is 0 Å². The van der Waals surface area contributed by atoms with Crippen LogP contribution in [0.4, 0.5) is 5.69 Å². The van der Waals surface area contributed by atoms with E-state index in [4.69, 9.17) is 4.74 Å². The molecule has 0 unspecified atom stereocenters. The molecule has 2 aromatic rings. The molecule has 2 heterocycles. The van der Waals surface area contributed by atoms with Crippen LogP contribution >= 0.6 is 0 Å². The highest BCUT2D eigenvalue weighted by Crippen LogP contribution is 2.39. The molecule has 1 spiro atoms. The molecule has 4 rings (SSSR count). The molecule has 0 radical (unpaired) electrons. The van der Waals surface area contributed by atoms with Gasteiger partial charge >= 0.3 is 0 Å². The van der Waals surface area contributed by atoms with E-state index >= 15 is 0 Å². The largest absolute Gasteiger partial charge is 0.354 e. The number of nitrogens with zero attached hydrogens (tertiary/aromatic N) is 3. The Labute approximate surface area is 209 Å². The molecule has 2 aliphatic heterocycles. The van der Waals surface area contributed by atoms with E-state index in [0.717, 1.165) is 12.0 Å². The number of hydrogen-bond acceptors (Lipinski definition) is 6. The lowest BCUT2D eigenvalue weighted by atomic mass is 9.95. The summed E-state index contributed by atoms with van der Waals surface area (Å²) < 4.78 is 6.19. The second-order valence-electron chi connectivity index (χ2n) is 9.15. The van der Waals surface area contributed by atoms with E-state index in [9.17, 15) is 24.5 Å². The minimum absolute atomic E-state index is 0.0754. The van der Waals surface area contributed by atoms with Crippen molar-refractivity contribution in [2.24, 2.45) is 0 Å². The van der Waals surface area contributed by atoms with Gasteiger partial charge in [0.15, 0.2) is 0 Å². The number of nitro groups is 1. The molecular weight excluding hydrogens is 464 g/mol. The van der Waals surface area contributed by atoms with Gasteiger partial charge in [0, 0.05) is 55.7 Å². The first kappa shape index (κ1) is 25.3. The van der Waals surface area contributed by atoms with Crippen LogP contribution in [0.15, 0.2) is 48.5 Å². The zero-order valence-electron chi connectivity index (χ0n) is 20.4. The predicted octanol–water partition coefficient (Wildman–Crippen LogP) is 2.90. The number of carbonyl (C=O) groups is 3. The zero-order valence-corrected chi connectivity index (χ0v) is 20.4. The van der Waals surface area contributed by atoms with E-state index < -0.39 is 16.7 Å². The maximum absolute atomic E-state index is 13.8. The van der Waals surface area contributed by atoms with Gasteiger partial charge in [-0.2, -0.15) is 0 Å². The van der Waals surface area contributed by atoms with Crippen LogP contribution in [0.3, 0.4) is 0 Å². The average molecular weight is 495 g/mol. The molecule has 0 saturated carbocycles. The second kappa shape index (κ2) is 10.4. The fourth-order valence-electron chi connectivity index (χ4n) is 4.87. The molecule has 0 aliphatic carbocycles. The molecule has 0 aromatic heterocycles. The molecule has 0 bridgehead atoms. The maximum atomic E-state index is 13.8. The van der Waals surface area contributed by atoms with Gasteiger partial charge in [0.05, 0.1) is 11.5 Å². The number of carbonyl (C=O) groups excluding carboxylic acids is 3. The van der Waals surface area contributed by atoms with Crippen LogP contribution in [0, 0.1) is 17.0 Å². The Morgan fingerprint density at radius 2 is 1.83 bits per heavy atom. The first-order chi connectivity index (χ1) is 17.3. The Bertz CT molecular complexity index is 1170. The van der Waals surface area contributed by atoms with Crippen LogP contribution in [-0.4, -0.2) is 70.5 Å². The number of likely N-dealkylation sites (tertiary alicyclic amines) is 1. The number of hydrogen-bond donors (Lipinski definition) is 1. The molecular formula is C26H30N4O6. The van der Waals surface area contributed by atoms with Crippen LogP contribution in [0.25, 0.3) is 0 Å². The normalized spacial score (nSPS) is 18.8. The fourth-order valence-corrected chi connectivity index (χ4v) is 4.87. The number of nitro benzene ring substituents is 1. The Morgan fingerprint density at radius 1 is 1.11 bits per heavy atom. The monoisotopic (exact) mass is 494 g/mol. The molecule has 190 valence electrons. The van der Waals surface area contributed by atoms with Crippen LogP contribution in [0.5, 0.6) is 0 Å². The van der Waals surface area contributed by atoms with Crippen molar-refractivity contribution >= 4 is 23.4 Å². The maximum Gasteiger partial charge on any atom is 0.270 e. The van der Waals surface area contributed by atoms with E-state index in [1.165, 1.54) is 18.2 Å². The van der Waals surface area contributed by atoms with Crippen molar-refractivity contribution in [3.8, 4) is 0 Å². The Hall–Kier alpha value is -3.79. The van der Waals surface area contributed by atoms with Crippen LogP contribution < -0.4 is 5.32 Å². The summed E-state index contributed by atoms with van der Waals surface area (Å²) >= 11 is 0. The Morgan fingerprint density at radius 3 is 2.50 bits per heavy atom. The van der Waals surface area contributed by atoms with Crippen molar-refractivity contribution in [3.63, 3.8) is 0 Å². The first-order valence-electron chi connectivity index (χ1n) is 12.1. The topological polar surface area (TPSA) is 122 Å². The summed E-state index contributed by atoms with van der Waals surface area (Å²) in [6.45, 7) is 4.94. The number of ether oxygens (including phenoxy) is 1. The average Bonchev–Trinajstić information content (AvgIpc) is 3.25. The number of piperidine rings is 1. The third-order valence-electron chi connectivity index (χ3n) is 6.84. The van der Waals surface area contributed by atoms with Gasteiger partial charge in [-0.05, 0) is 31.0 Å². The van der Waals surface area contributed by atoms with Crippen molar-refractivity contribution in [2.45, 2.75) is 44.9 Å². The lowest BCUT2D eigenvalue weighted by Crippen LogP contribution is -2.60. The van der Waals surface area contributed by atoms with E-state index in [0.29, 0.717) is 24.9 Å². The molecule has 10 heteroatoms. The smallest absolute Gasteiger partial charge is 0.270 e. The van der Waals surface area contributed by atoms with Crippen molar-refractivity contribution in [1.82, 2.24) is 15.1 Å². The number of nitrogens with one attached hydrogen (secondary N) is 1. The van der Waals surface area contributed by atoms with Gasteiger partial charge in [-0.3, -0.25) is 29.4 Å². The summed E-state index contributed by atoms with van der Waals surface area (Å²) in [5, 5.41) is 14.0. The highest BCUT2D eigenvalue weighted by Gasteiger charge is 2.54. The van der Waals surface area contributed by atoms with E-state index in [1.807, 2.05) is 26.0 Å². The summed E-state index contributed by atoms with van der Waals surface area (Å²) in [5.41, 5.74) is 0.371. The Kier molecular flexibility index (Phi) is 7.35. The quantitative estimate of drug-likeness (QED) is 0.487. The predicted molar refractivity (Wildman–Crippen MR) is 131 cm³/mol. The van der Waals surface area contributed by atoms with Crippen LogP contribution in [0.1, 0.15) is 52.5 Å². The minimum atomic E-state index is -1.02. The number of benzene rings is 2. The van der Waals surface area contributed by atoms with Crippen molar-refractivity contribution in [2.75, 3.05) is 26.2 Å². The summed E-state index contributed by atoms with van der Waals surface area (Å²) in [6.07, 6.45) is 1.41. The summed E-state index contributed by atoms with van der Waals surface area (Å²) in [4.78, 5) is 53.6. The third-order valence-corrected chi connectivity index (χ3v) is 6.84. The highest BCUT2D eigenvalue weighted by atomic mass is 16.6. The molecule has 10 nitrogen and oxygen atoms in total. The number of aryl methyl sites for hydroxylation is 1. The SMILES string of the molecule is CCCNC(=O)[C@@H]1COC2(CCN(C(=O)c3cccc([N+](=O)[O-])c3)CC2)N1C(=O)c1ccccc1C. The van der Waals surface area contributed by atoms with Gasteiger partial charge in [0.2, 0.25) is 5.91 Å². The number of non-ortho nitro benzene ring substituents is 1. The fraction of sp³-hybridized carbons (Fsp3) is 0.423. The second-order valence-corrected chi connectivity index (χ2v) is 9.15. The van der Waals surface area contributed by atoms with Gasteiger partial charge < -0.3 is 15.0 Å². The summed E-state index contributed by atoms with van der Waals surface area (Å²) in [5.74, 6) is -0.855. The summed E-state index contributed by atoms with van der Waals surface area (Å²) in [7, 11) is 0. The van der Waals surface area contributed by atoms with Gasteiger partial charge in [0.25, 0.3) is 17.5 Å². The van der Waals surface area contributed by atoms with Crippen molar-refractivity contribution in [1.29, 1.82) is 0 Å². The first-order valence-corrected chi connectivity index (χ1v) is 12.1. The lowest BCUT2D eigenvalue weighted by Gasteiger charge is -2.44. The molecule has 2 aliphatic rings. The number of rotatable bonds is 6. The molecule has 2 saturated heterocycles. The van der Waals surface area contributed by atoms with E-state index in [2.05, 4.69) is 5.32 Å². The summed E-state index contributed by atoms with van der Waals surface area (Å²) in [6, 6.07) is 12.1.